The van der Waals surface area contributed by atoms with Gasteiger partial charge < -0.3 is 14.9 Å². The maximum atomic E-state index is 11.0. The summed E-state index contributed by atoms with van der Waals surface area (Å²) in [6.07, 6.45) is 13.1. The van der Waals surface area contributed by atoms with Crippen LogP contribution in [0.3, 0.4) is 0 Å². The van der Waals surface area contributed by atoms with Crippen LogP contribution >= 0.6 is 0 Å². The van der Waals surface area contributed by atoms with E-state index in [0.717, 1.165) is 25.7 Å². The number of fused-ring (bicyclic) bond motifs is 7. The molecule has 10 atom stereocenters. The van der Waals surface area contributed by atoms with Crippen LogP contribution < -0.4 is 0 Å². The van der Waals surface area contributed by atoms with Crippen molar-refractivity contribution in [3.8, 4) is 0 Å². The highest BCUT2D eigenvalue weighted by molar-refractivity contribution is 5.34. The molecule has 194 valence electrons. The van der Waals surface area contributed by atoms with Crippen LogP contribution in [0.25, 0.3) is 0 Å². The van der Waals surface area contributed by atoms with Crippen molar-refractivity contribution in [2.75, 3.05) is 13.7 Å². The minimum atomic E-state index is -0.379. The van der Waals surface area contributed by atoms with Gasteiger partial charge in [0.2, 0.25) is 0 Å². The molecule has 5 rings (SSSR count). The number of ether oxygens (including phenoxy) is 1. The average molecular weight is 473 g/mol. The summed E-state index contributed by atoms with van der Waals surface area (Å²) in [4.78, 5) is 0. The zero-order chi connectivity index (χ0) is 24.9. The maximum absolute atomic E-state index is 11.0. The summed E-state index contributed by atoms with van der Waals surface area (Å²) in [5.41, 5.74) is 2.62. The van der Waals surface area contributed by atoms with Crippen molar-refractivity contribution < 1.29 is 14.9 Å². The van der Waals surface area contributed by atoms with Crippen LogP contribution in [0.5, 0.6) is 0 Å². The second kappa shape index (κ2) is 7.57. The number of aliphatic hydroxyl groups is 2. The van der Waals surface area contributed by atoms with Crippen LogP contribution in [0, 0.1) is 50.2 Å². The Kier molecular flexibility index (Phi) is 5.63. The normalized spacial score (nSPS) is 56.4. The second-order valence-electron chi connectivity index (χ2n) is 15.4. The monoisotopic (exact) mass is 472 g/mol. The zero-order valence-electron chi connectivity index (χ0n) is 23.3. The first kappa shape index (κ1) is 25.3. The minimum Gasteiger partial charge on any atom is -0.396 e. The molecule has 5 aliphatic carbocycles. The molecule has 0 amide bonds. The molecule has 0 spiro atoms. The Bertz CT molecular complexity index is 863. The van der Waals surface area contributed by atoms with Crippen molar-refractivity contribution in [1.82, 2.24) is 0 Å². The third kappa shape index (κ3) is 2.99. The summed E-state index contributed by atoms with van der Waals surface area (Å²) >= 11 is 0. The fourth-order valence-electron chi connectivity index (χ4n) is 11.0. The molecule has 0 heterocycles. The quantitative estimate of drug-likeness (QED) is 0.436. The molecule has 2 N–H and O–H groups in total. The van der Waals surface area contributed by atoms with Gasteiger partial charge in [0.15, 0.2) is 0 Å². The Morgan fingerprint density at radius 2 is 1.59 bits per heavy atom. The topological polar surface area (TPSA) is 49.7 Å². The number of hydrogen-bond acceptors (Lipinski definition) is 3. The largest absolute Gasteiger partial charge is 0.396 e. The van der Waals surface area contributed by atoms with Crippen molar-refractivity contribution in [3.63, 3.8) is 0 Å². The van der Waals surface area contributed by atoms with Crippen molar-refractivity contribution in [2.24, 2.45) is 50.2 Å². The van der Waals surface area contributed by atoms with E-state index >= 15 is 0 Å². The molecule has 4 fully saturated rings. The van der Waals surface area contributed by atoms with Crippen LogP contribution in [-0.2, 0) is 4.74 Å². The van der Waals surface area contributed by atoms with E-state index in [9.17, 15) is 10.2 Å². The number of aliphatic hydroxyl groups excluding tert-OH is 2. The number of rotatable bonds is 2. The van der Waals surface area contributed by atoms with Crippen LogP contribution in [0.1, 0.15) is 106 Å². The lowest BCUT2D eigenvalue weighted by molar-refractivity contribution is -0.219. The second-order valence-corrected chi connectivity index (χ2v) is 15.4. The molecule has 0 aromatic heterocycles. The van der Waals surface area contributed by atoms with Gasteiger partial charge in [-0.25, -0.2) is 0 Å². The van der Waals surface area contributed by atoms with Crippen LogP contribution in [-0.4, -0.2) is 36.1 Å². The summed E-state index contributed by atoms with van der Waals surface area (Å²) in [6.45, 7) is 17.5. The van der Waals surface area contributed by atoms with E-state index in [1.165, 1.54) is 32.1 Å². The van der Waals surface area contributed by atoms with Gasteiger partial charge in [-0.2, -0.15) is 0 Å². The van der Waals surface area contributed by atoms with Crippen molar-refractivity contribution in [3.05, 3.63) is 11.6 Å². The molecule has 4 saturated carbocycles. The van der Waals surface area contributed by atoms with Crippen LogP contribution in [0.2, 0.25) is 0 Å². The van der Waals surface area contributed by atoms with E-state index in [0.29, 0.717) is 29.3 Å². The van der Waals surface area contributed by atoms with E-state index < -0.39 is 0 Å². The molecular weight excluding hydrogens is 420 g/mol. The van der Waals surface area contributed by atoms with Crippen LogP contribution in [0.15, 0.2) is 11.6 Å². The molecule has 34 heavy (non-hydrogen) atoms. The molecule has 0 aromatic carbocycles. The lowest BCUT2D eigenvalue weighted by atomic mass is 9.33. The fraction of sp³-hybridized carbons (Fsp3) is 0.935. The Labute approximate surface area is 209 Å². The van der Waals surface area contributed by atoms with E-state index in [1.807, 2.05) is 7.11 Å². The van der Waals surface area contributed by atoms with Gasteiger partial charge in [0.1, 0.15) is 0 Å². The SMILES string of the molecule is COC1CC(C)(C)CC2C3=CCC4C5(C)CCC(O)C(C)(CO)C5CCC4(C)C3(C)CCC12C. The fourth-order valence-corrected chi connectivity index (χ4v) is 11.0. The van der Waals surface area contributed by atoms with Gasteiger partial charge in [0.25, 0.3) is 0 Å². The highest BCUT2D eigenvalue weighted by atomic mass is 16.5. The van der Waals surface area contributed by atoms with E-state index in [2.05, 4.69) is 54.5 Å². The third-order valence-corrected chi connectivity index (χ3v) is 13.5. The summed E-state index contributed by atoms with van der Waals surface area (Å²) in [5, 5.41) is 21.4. The minimum absolute atomic E-state index is 0.101. The molecule has 0 aromatic rings. The van der Waals surface area contributed by atoms with Gasteiger partial charge in [-0.05, 0) is 97.2 Å². The van der Waals surface area contributed by atoms with E-state index in [4.69, 9.17) is 4.74 Å². The first-order chi connectivity index (χ1) is 15.7. The number of methoxy groups -OCH3 is 1. The van der Waals surface area contributed by atoms with Gasteiger partial charge in [-0.3, -0.25) is 0 Å². The van der Waals surface area contributed by atoms with Gasteiger partial charge in [0.05, 0.1) is 18.8 Å². The summed E-state index contributed by atoms with van der Waals surface area (Å²) < 4.78 is 6.20. The first-order valence-corrected chi connectivity index (χ1v) is 14.2. The molecular formula is C31H52O3. The van der Waals surface area contributed by atoms with Crippen molar-refractivity contribution in [1.29, 1.82) is 0 Å². The molecule has 10 unspecified atom stereocenters. The predicted octanol–water partition coefficient (Wildman–Crippen LogP) is 6.77. The Morgan fingerprint density at radius 1 is 0.882 bits per heavy atom. The Balaban J connectivity index is 1.58. The highest BCUT2D eigenvalue weighted by Crippen LogP contribution is 2.75. The molecule has 0 radical (unpaired) electrons. The summed E-state index contributed by atoms with van der Waals surface area (Å²) in [6, 6.07) is 0. The average Bonchev–Trinajstić information content (AvgIpc) is 2.77. The van der Waals surface area contributed by atoms with Gasteiger partial charge in [-0.15, -0.1) is 0 Å². The lowest BCUT2D eigenvalue weighted by Gasteiger charge is -2.71. The maximum Gasteiger partial charge on any atom is 0.0635 e. The molecule has 3 heteroatoms. The van der Waals surface area contributed by atoms with E-state index in [-0.39, 0.29) is 39.8 Å². The zero-order valence-corrected chi connectivity index (χ0v) is 23.3. The molecule has 0 bridgehead atoms. The molecule has 0 saturated heterocycles. The van der Waals surface area contributed by atoms with Crippen molar-refractivity contribution in [2.45, 2.75) is 118 Å². The van der Waals surface area contributed by atoms with Gasteiger partial charge in [0, 0.05) is 17.9 Å². The highest BCUT2D eigenvalue weighted by Gasteiger charge is 2.69. The third-order valence-electron chi connectivity index (χ3n) is 13.5. The molecule has 3 nitrogen and oxygen atoms in total. The molecule has 0 aliphatic heterocycles. The van der Waals surface area contributed by atoms with Crippen molar-refractivity contribution >= 4 is 0 Å². The Morgan fingerprint density at radius 3 is 2.24 bits per heavy atom. The molecule has 5 aliphatic rings. The number of hydrogen-bond donors (Lipinski definition) is 2. The van der Waals surface area contributed by atoms with Gasteiger partial charge in [-0.1, -0.05) is 60.1 Å². The summed E-state index contributed by atoms with van der Waals surface area (Å²) in [5.74, 6) is 1.62. The van der Waals surface area contributed by atoms with Crippen LogP contribution in [0.4, 0.5) is 0 Å². The first-order valence-electron chi connectivity index (χ1n) is 14.2. The predicted molar refractivity (Wildman–Crippen MR) is 138 cm³/mol. The summed E-state index contributed by atoms with van der Waals surface area (Å²) in [7, 11) is 1.94. The standard InChI is InChI=1S/C31H52O3/c1-26(2)17-21-20-9-10-23-28(4)13-12-24(33)29(5,19-32)22(28)11-14-31(23,7)30(20,6)16-15-27(21,3)25(18-26)34-8/h9,21-25,32-33H,10-19H2,1-8H3. The Hall–Kier alpha value is -0.380. The van der Waals surface area contributed by atoms with E-state index in [1.54, 1.807) is 5.57 Å². The van der Waals surface area contributed by atoms with Gasteiger partial charge >= 0.3 is 0 Å². The number of allylic oxidation sites excluding steroid dienone is 2. The lowest BCUT2D eigenvalue weighted by Crippen LogP contribution is -2.66. The smallest absolute Gasteiger partial charge is 0.0635 e.